The van der Waals surface area contributed by atoms with Crippen molar-refractivity contribution in [2.24, 2.45) is 5.73 Å². The molecule has 0 bridgehead atoms. The van der Waals surface area contributed by atoms with E-state index in [0.717, 1.165) is 76.5 Å². The molecule has 4 heterocycles. The van der Waals surface area contributed by atoms with E-state index in [1.54, 1.807) is 0 Å². The Morgan fingerprint density at radius 3 is 1.76 bits per heavy atom. The molecule has 0 unspecified atom stereocenters. The van der Waals surface area contributed by atoms with Gasteiger partial charge in [-0.25, -0.2) is 15.0 Å². The predicted molar refractivity (Wildman–Crippen MR) is 156 cm³/mol. The van der Waals surface area contributed by atoms with Crippen LogP contribution in [-0.4, -0.2) is 58.4 Å². The second-order valence-corrected chi connectivity index (χ2v) is 10.1. The highest BCUT2D eigenvalue weighted by molar-refractivity contribution is 14.1. The van der Waals surface area contributed by atoms with E-state index < -0.39 is 0 Å². The van der Waals surface area contributed by atoms with Crippen LogP contribution < -0.4 is 22.5 Å². The number of hydrogen-bond donors (Lipinski definition) is 4. The van der Waals surface area contributed by atoms with Crippen LogP contribution >= 0.6 is 69.2 Å². The Kier molecular flexibility index (Phi) is 15.1. The topological polar surface area (TPSA) is 160 Å². The molecule has 0 aliphatic carbocycles. The van der Waals surface area contributed by atoms with E-state index in [0.29, 0.717) is 23.2 Å². The largest absolute Gasteiger partial charge is 0.381 e. The Bertz CT molecular complexity index is 878. The van der Waals surface area contributed by atoms with Gasteiger partial charge in [-0.2, -0.15) is 4.98 Å². The third-order valence-corrected chi connectivity index (χ3v) is 8.03. The second-order valence-electron chi connectivity index (χ2n) is 7.58. The van der Waals surface area contributed by atoms with Gasteiger partial charge < -0.3 is 32.0 Å². The fourth-order valence-electron chi connectivity index (χ4n) is 2.97. The van der Waals surface area contributed by atoms with Crippen molar-refractivity contribution in [1.29, 1.82) is 0 Å². The average molecular weight is 741 g/mol. The van der Waals surface area contributed by atoms with Crippen LogP contribution in [-0.2, 0) is 9.47 Å². The molecule has 7 N–H and O–H groups in total. The molecule has 2 aromatic heterocycles. The summed E-state index contributed by atoms with van der Waals surface area (Å²) in [7, 11) is 0. The third kappa shape index (κ3) is 11.0. The molecule has 2 aliphatic heterocycles. The highest BCUT2D eigenvalue weighted by atomic mass is 127. The van der Waals surface area contributed by atoms with Gasteiger partial charge in [0.05, 0.1) is 18.5 Å². The first-order valence-corrected chi connectivity index (χ1v) is 13.1. The first kappa shape index (κ1) is 31.5. The van der Waals surface area contributed by atoms with Crippen LogP contribution in [0.2, 0.25) is 5.15 Å². The lowest BCUT2D eigenvalue weighted by Gasteiger charge is -2.24. The minimum absolute atomic E-state index is 0. The molecule has 4 rings (SSSR count). The van der Waals surface area contributed by atoms with E-state index in [4.69, 9.17) is 38.3 Å². The van der Waals surface area contributed by atoms with Crippen LogP contribution in [0.3, 0.4) is 0 Å². The summed E-state index contributed by atoms with van der Waals surface area (Å²) in [6, 6.07) is 0.838. The van der Waals surface area contributed by atoms with E-state index in [1.807, 2.05) is 13.8 Å². The van der Waals surface area contributed by atoms with Crippen LogP contribution in [0.1, 0.15) is 37.1 Å². The molecule has 0 atom stereocenters. The van der Waals surface area contributed by atoms with Crippen molar-refractivity contribution in [2.75, 3.05) is 43.2 Å². The summed E-state index contributed by atoms with van der Waals surface area (Å²) in [6.07, 6.45) is 4.11. The molecule has 192 valence electrons. The van der Waals surface area contributed by atoms with E-state index in [-0.39, 0.29) is 18.4 Å². The number of nitrogens with zero attached hydrogens (tertiary/aromatic N) is 4. The molecule has 0 amide bonds. The number of aromatic nitrogens is 4. The SMILES string of the molecule is Cc1nc(N)nc(Cl)c1I.Cc1nc(N)nc(NC2CCOCC2)c1I.Cl.NC1CCOCC1. The summed E-state index contributed by atoms with van der Waals surface area (Å²) in [5, 5.41) is 3.83. The summed E-state index contributed by atoms with van der Waals surface area (Å²) in [6.45, 7) is 7.13. The highest BCUT2D eigenvalue weighted by Crippen LogP contribution is 2.22. The van der Waals surface area contributed by atoms with Gasteiger partial charge in [-0.05, 0) is 84.7 Å². The molecule has 2 aromatic rings. The van der Waals surface area contributed by atoms with Gasteiger partial charge in [0.2, 0.25) is 11.9 Å². The van der Waals surface area contributed by atoms with Crippen molar-refractivity contribution >= 4 is 86.9 Å². The first-order chi connectivity index (χ1) is 15.7. The van der Waals surface area contributed by atoms with Crippen molar-refractivity contribution in [1.82, 2.24) is 19.9 Å². The van der Waals surface area contributed by atoms with Gasteiger partial charge in [0, 0.05) is 38.5 Å². The van der Waals surface area contributed by atoms with Crippen LogP contribution in [0.5, 0.6) is 0 Å². The van der Waals surface area contributed by atoms with Crippen molar-refractivity contribution in [3.8, 4) is 0 Å². The van der Waals surface area contributed by atoms with Gasteiger partial charge in [-0.1, -0.05) is 11.6 Å². The van der Waals surface area contributed by atoms with Crippen LogP contribution in [0.15, 0.2) is 0 Å². The van der Waals surface area contributed by atoms with Gasteiger partial charge >= 0.3 is 0 Å². The number of rotatable bonds is 2. The molecular weight excluding hydrogens is 709 g/mol. The molecule has 10 nitrogen and oxygen atoms in total. The minimum atomic E-state index is 0. The fraction of sp³-hybridized carbons (Fsp3) is 0.600. The molecule has 2 fully saturated rings. The van der Waals surface area contributed by atoms with E-state index in [2.05, 4.69) is 70.4 Å². The zero-order valence-electron chi connectivity index (χ0n) is 19.2. The Labute approximate surface area is 239 Å². The standard InChI is InChI=1S/C10H15IN4O.C5H5ClIN3.C5H11NO.ClH/c1-6-8(11)9(15-10(12)13-6)14-7-2-4-16-5-3-7;1-2-3(7)4(6)10-5(8)9-2;6-5-1-3-7-4-2-5;/h7H,2-5H2,1H3,(H3,12,13,14,15);1H3,(H2,8,9,10);5H,1-4,6H2;1H. The third-order valence-electron chi connectivity index (χ3n) is 4.86. The molecule has 0 saturated carbocycles. The maximum Gasteiger partial charge on any atom is 0.222 e. The van der Waals surface area contributed by atoms with Crippen molar-refractivity contribution in [3.63, 3.8) is 0 Å². The van der Waals surface area contributed by atoms with Gasteiger partial charge in [-0.15, -0.1) is 12.4 Å². The second kappa shape index (κ2) is 16.3. The van der Waals surface area contributed by atoms with Crippen molar-refractivity contribution in [2.45, 2.75) is 51.6 Å². The lowest BCUT2D eigenvalue weighted by Crippen LogP contribution is -2.29. The maximum atomic E-state index is 5.68. The fourth-order valence-corrected chi connectivity index (χ4v) is 3.83. The number of halogens is 4. The Hall–Kier alpha value is -0.520. The van der Waals surface area contributed by atoms with E-state index >= 15 is 0 Å². The number of nitrogens with two attached hydrogens (primary N) is 3. The first-order valence-electron chi connectivity index (χ1n) is 10.6. The number of anilines is 3. The molecule has 34 heavy (non-hydrogen) atoms. The van der Waals surface area contributed by atoms with E-state index in [9.17, 15) is 0 Å². The zero-order valence-corrected chi connectivity index (χ0v) is 25.1. The molecule has 2 aliphatic rings. The average Bonchev–Trinajstić information content (AvgIpc) is 2.77. The highest BCUT2D eigenvalue weighted by Gasteiger charge is 2.16. The Morgan fingerprint density at radius 1 is 0.824 bits per heavy atom. The number of ether oxygens (including phenoxy) is 2. The van der Waals surface area contributed by atoms with Crippen LogP contribution in [0.25, 0.3) is 0 Å². The predicted octanol–water partition coefficient (Wildman–Crippen LogP) is 3.73. The minimum Gasteiger partial charge on any atom is -0.381 e. The van der Waals surface area contributed by atoms with Gasteiger partial charge in [-0.3, -0.25) is 0 Å². The summed E-state index contributed by atoms with van der Waals surface area (Å²) in [4.78, 5) is 16.0. The number of nitrogen functional groups attached to an aromatic ring is 2. The lowest BCUT2D eigenvalue weighted by molar-refractivity contribution is 0.0866. The summed E-state index contributed by atoms with van der Waals surface area (Å²) in [5.41, 5.74) is 18.3. The molecular formula is C20H32Cl2I2N8O2. The molecule has 2 saturated heterocycles. The summed E-state index contributed by atoms with van der Waals surface area (Å²) in [5.74, 6) is 1.40. The normalized spacial score (nSPS) is 16.3. The van der Waals surface area contributed by atoms with Gasteiger partial charge in [0.25, 0.3) is 0 Å². The molecule has 0 aromatic carbocycles. The summed E-state index contributed by atoms with van der Waals surface area (Å²) >= 11 is 10.00. The number of nitrogens with one attached hydrogen (secondary N) is 1. The van der Waals surface area contributed by atoms with Crippen LogP contribution in [0, 0.1) is 21.0 Å². The van der Waals surface area contributed by atoms with Crippen LogP contribution in [0.4, 0.5) is 17.7 Å². The van der Waals surface area contributed by atoms with E-state index in [1.165, 1.54) is 0 Å². The zero-order chi connectivity index (χ0) is 24.4. The van der Waals surface area contributed by atoms with Gasteiger partial charge in [0.1, 0.15) is 11.0 Å². The molecule has 0 radical (unpaired) electrons. The Morgan fingerprint density at radius 2 is 1.29 bits per heavy atom. The monoisotopic (exact) mass is 740 g/mol. The quantitative estimate of drug-likeness (QED) is 0.264. The van der Waals surface area contributed by atoms with Gasteiger partial charge in [0.15, 0.2) is 0 Å². The smallest absolute Gasteiger partial charge is 0.222 e. The molecule has 14 heteroatoms. The lowest BCUT2D eigenvalue weighted by atomic mass is 10.1. The molecule has 0 spiro atoms. The van der Waals surface area contributed by atoms with Crippen molar-refractivity contribution in [3.05, 3.63) is 23.7 Å². The maximum absolute atomic E-state index is 5.68. The summed E-state index contributed by atoms with van der Waals surface area (Å²) < 4.78 is 12.3. The Balaban J connectivity index is 0.000000275. The number of hydrogen-bond acceptors (Lipinski definition) is 10. The number of aryl methyl sites for hydroxylation is 2. The van der Waals surface area contributed by atoms with Crippen molar-refractivity contribution < 1.29 is 9.47 Å².